The zero-order chi connectivity index (χ0) is 29.5. The first-order valence-electron chi connectivity index (χ1n) is 13.4. The predicted molar refractivity (Wildman–Crippen MR) is 153 cm³/mol. The Bertz CT molecular complexity index is 1390. The Morgan fingerprint density at radius 3 is 2.37 bits per heavy atom. The van der Waals surface area contributed by atoms with Crippen LogP contribution in [0.5, 0.6) is 11.5 Å². The molecule has 3 amide bonds. The first-order chi connectivity index (χ1) is 19.7. The lowest BCUT2D eigenvalue weighted by atomic mass is 9.94. The van der Waals surface area contributed by atoms with Crippen molar-refractivity contribution in [3.05, 3.63) is 70.0 Å². The molecule has 0 bridgehead atoms. The van der Waals surface area contributed by atoms with E-state index in [9.17, 15) is 18.8 Å². The van der Waals surface area contributed by atoms with Crippen molar-refractivity contribution in [2.24, 2.45) is 5.73 Å². The summed E-state index contributed by atoms with van der Waals surface area (Å²) in [6.45, 7) is 0.0810. The van der Waals surface area contributed by atoms with Crippen LogP contribution in [-0.2, 0) is 11.2 Å². The van der Waals surface area contributed by atoms with Gasteiger partial charge in [-0.3, -0.25) is 14.4 Å². The third kappa shape index (κ3) is 6.94. The van der Waals surface area contributed by atoms with E-state index in [1.54, 1.807) is 12.1 Å². The van der Waals surface area contributed by atoms with E-state index in [4.69, 9.17) is 20.9 Å². The SMILES string of the molecule is COc1ccc(CCN(C(=O)c2snc(C(N)=O)c2N)[C@@H](C(=O)NC2CCCCC2)c2ccc(F)cc2)cc1OC. The van der Waals surface area contributed by atoms with Crippen molar-refractivity contribution in [1.82, 2.24) is 14.6 Å². The molecule has 1 atom stereocenters. The highest BCUT2D eigenvalue weighted by Crippen LogP contribution is 2.32. The molecule has 1 fully saturated rings. The number of ether oxygens (including phenoxy) is 2. The fourth-order valence-corrected chi connectivity index (χ4v) is 5.80. The van der Waals surface area contributed by atoms with Gasteiger partial charge in [0.1, 0.15) is 16.7 Å². The largest absolute Gasteiger partial charge is 0.493 e. The Labute approximate surface area is 242 Å². The molecule has 4 rings (SSSR count). The Hall–Kier alpha value is -4.19. The second kappa shape index (κ2) is 13.4. The van der Waals surface area contributed by atoms with Gasteiger partial charge in [0.25, 0.3) is 11.8 Å². The highest BCUT2D eigenvalue weighted by Gasteiger charge is 2.35. The number of methoxy groups -OCH3 is 2. The number of nitrogen functional groups attached to an aromatic ring is 1. The van der Waals surface area contributed by atoms with Crippen LogP contribution in [0.15, 0.2) is 42.5 Å². The monoisotopic (exact) mass is 583 g/mol. The molecule has 5 N–H and O–H groups in total. The van der Waals surface area contributed by atoms with E-state index in [0.29, 0.717) is 23.5 Å². The lowest BCUT2D eigenvalue weighted by Gasteiger charge is -2.33. The van der Waals surface area contributed by atoms with E-state index in [-0.39, 0.29) is 34.8 Å². The van der Waals surface area contributed by atoms with Crippen molar-refractivity contribution in [2.75, 3.05) is 26.5 Å². The summed E-state index contributed by atoms with van der Waals surface area (Å²) in [5, 5.41) is 3.11. The second-order valence-electron chi connectivity index (χ2n) is 9.87. The maximum atomic E-state index is 14.1. The lowest BCUT2D eigenvalue weighted by Crippen LogP contribution is -2.47. The molecule has 2 aromatic carbocycles. The van der Waals surface area contributed by atoms with Crippen molar-refractivity contribution in [2.45, 2.75) is 50.6 Å². The van der Waals surface area contributed by atoms with E-state index in [1.165, 1.54) is 43.4 Å². The van der Waals surface area contributed by atoms with Gasteiger partial charge in [-0.15, -0.1) is 0 Å². The molecule has 41 heavy (non-hydrogen) atoms. The zero-order valence-electron chi connectivity index (χ0n) is 23.0. The van der Waals surface area contributed by atoms with Gasteiger partial charge in [-0.1, -0.05) is 37.5 Å². The predicted octanol–water partition coefficient (Wildman–Crippen LogP) is 3.86. The van der Waals surface area contributed by atoms with E-state index in [2.05, 4.69) is 9.69 Å². The van der Waals surface area contributed by atoms with Crippen LogP contribution in [0.2, 0.25) is 0 Å². The van der Waals surface area contributed by atoms with Crippen molar-refractivity contribution >= 4 is 34.9 Å². The Kier molecular flexibility index (Phi) is 9.77. The summed E-state index contributed by atoms with van der Waals surface area (Å²) in [4.78, 5) is 41.2. The van der Waals surface area contributed by atoms with Gasteiger partial charge in [0.05, 0.1) is 19.9 Å². The number of nitrogens with two attached hydrogens (primary N) is 2. The molecule has 12 heteroatoms. The first kappa shape index (κ1) is 29.8. The molecule has 1 saturated carbocycles. The number of carbonyl (C=O) groups excluding carboxylic acids is 3. The van der Waals surface area contributed by atoms with E-state index < -0.39 is 23.7 Å². The Morgan fingerprint density at radius 2 is 1.76 bits per heavy atom. The number of benzene rings is 2. The number of aromatic nitrogens is 1. The number of carbonyl (C=O) groups is 3. The summed E-state index contributed by atoms with van der Waals surface area (Å²) in [6, 6.07) is 9.73. The minimum atomic E-state index is -1.11. The van der Waals surface area contributed by atoms with Crippen LogP contribution < -0.4 is 26.3 Å². The quantitative estimate of drug-likeness (QED) is 0.310. The van der Waals surface area contributed by atoms with Crippen LogP contribution in [0, 0.1) is 5.82 Å². The zero-order valence-corrected chi connectivity index (χ0v) is 23.8. The van der Waals surface area contributed by atoms with Gasteiger partial charge < -0.3 is 31.2 Å². The molecule has 218 valence electrons. The fraction of sp³-hybridized carbons (Fsp3) is 0.379. The Balaban J connectivity index is 1.74. The summed E-state index contributed by atoms with van der Waals surface area (Å²) in [6.07, 6.45) is 5.12. The summed E-state index contributed by atoms with van der Waals surface area (Å²) in [5.74, 6) is -1.24. The smallest absolute Gasteiger partial charge is 0.270 e. The van der Waals surface area contributed by atoms with Gasteiger partial charge >= 0.3 is 0 Å². The highest BCUT2D eigenvalue weighted by atomic mass is 32.1. The van der Waals surface area contributed by atoms with Gasteiger partial charge in [0, 0.05) is 12.6 Å². The molecular weight excluding hydrogens is 549 g/mol. The number of nitrogens with zero attached hydrogens (tertiary/aromatic N) is 2. The van der Waals surface area contributed by atoms with E-state index in [1.807, 2.05) is 6.07 Å². The minimum Gasteiger partial charge on any atom is -0.493 e. The van der Waals surface area contributed by atoms with Crippen LogP contribution in [0.1, 0.15) is 69.4 Å². The average molecular weight is 584 g/mol. The second-order valence-corrected chi connectivity index (χ2v) is 10.6. The number of amides is 3. The van der Waals surface area contributed by atoms with Gasteiger partial charge in [-0.05, 0) is 66.2 Å². The molecule has 0 spiro atoms. The number of primary amides is 1. The molecule has 3 aromatic rings. The summed E-state index contributed by atoms with van der Waals surface area (Å²) < 4.78 is 28.6. The molecule has 1 aliphatic rings. The first-order valence-corrected chi connectivity index (χ1v) is 14.1. The third-order valence-corrected chi connectivity index (χ3v) is 8.05. The van der Waals surface area contributed by atoms with Crippen LogP contribution >= 0.6 is 11.5 Å². The molecule has 0 aliphatic heterocycles. The normalized spacial score (nSPS) is 14.2. The molecule has 0 unspecified atom stereocenters. The lowest BCUT2D eigenvalue weighted by molar-refractivity contribution is -0.126. The van der Waals surface area contributed by atoms with Crippen LogP contribution in [-0.4, -0.2) is 53.8 Å². The van der Waals surface area contributed by atoms with Gasteiger partial charge in [-0.2, -0.15) is 4.37 Å². The summed E-state index contributed by atoms with van der Waals surface area (Å²) in [7, 11) is 3.07. The molecule has 1 aliphatic carbocycles. The van der Waals surface area contributed by atoms with Crippen LogP contribution in [0.3, 0.4) is 0 Å². The number of anilines is 1. The van der Waals surface area contributed by atoms with Crippen LogP contribution in [0.4, 0.5) is 10.1 Å². The standard InChI is InChI=1S/C29H34FN5O5S/c1-39-21-13-8-17(16-22(21)40-2)14-15-35(29(38)26-23(31)24(27(32)36)34-41-26)25(18-9-11-19(30)12-10-18)28(37)33-20-6-4-3-5-7-20/h8-13,16,20,25H,3-7,14-15,31H2,1-2H3,(H2,32,36)(H,33,37)/t25-/m1/s1. The Morgan fingerprint density at radius 1 is 1.07 bits per heavy atom. The van der Waals surface area contributed by atoms with Crippen molar-refractivity contribution in [3.63, 3.8) is 0 Å². The molecule has 1 aromatic heterocycles. The number of hydrogen-bond donors (Lipinski definition) is 3. The fourth-order valence-electron chi connectivity index (χ4n) is 5.04. The van der Waals surface area contributed by atoms with Gasteiger partial charge in [0.2, 0.25) is 5.91 Å². The molecule has 10 nitrogen and oxygen atoms in total. The van der Waals surface area contributed by atoms with Gasteiger partial charge in [-0.25, -0.2) is 4.39 Å². The van der Waals surface area contributed by atoms with Gasteiger partial charge in [0.15, 0.2) is 17.2 Å². The average Bonchev–Trinajstić information content (AvgIpc) is 3.37. The number of halogens is 1. The molecule has 0 radical (unpaired) electrons. The summed E-state index contributed by atoms with van der Waals surface area (Å²) in [5.41, 5.74) is 12.4. The number of nitrogens with one attached hydrogen (secondary N) is 1. The highest BCUT2D eigenvalue weighted by molar-refractivity contribution is 7.09. The van der Waals surface area contributed by atoms with E-state index in [0.717, 1.165) is 49.2 Å². The molecule has 0 saturated heterocycles. The van der Waals surface area contributed by atoms with E-state index >= 15 is 0 Å². The van der Waals surface area contributed by atoms with Crippen molar-refractivity contribution in [3.8, 4) is 11.5 Å². The molecular formula is C29H34FN5O5S. The number of hydrogen-bond acceptors (Lipinski definition) is 8. The minimum absolute atomic E-state index is 0.0105. The van der Waals surface area contributed by atoms with Crippen molar-refractivity contribution < 1.29 is 28.2 Å². The number of rotatable bonds is 11. The van der Waals surface area contributed by atoms with Crippen LogP contribution in [0.25, 0.3) is 0 Å². The summed E-state index contributed by atoms with van der Waals surface area (Å²) >= 11 is 0.741. The molecule has 1 heterocycles. The topological polar surface area (TPSA) is 150 Å². The maximum absolute atomic E-state index is 14.1. The maximum Gasteiger partial charge on any atom is 0.270 e. The third-order valence-electron chi connectivity index (χ3n) is 7.20. The van der Waals surface area contributed by atoms with Crippen molar-refractivity contribution in [1.29, 1.82) is 0 Å².